The van der Waals surface area contributed by atoms with E-state index >= 15 is 0 Å². The molecule has 0 aromatic carbocycles. The molecule has 1 aromatic rings. The maximum atomic E-state index is 5.52. The summed E-state index contributed by atoms with van der Waals surface area (Å²) < 4.78 is 10.8. The van der Waals surface area contributed by atoms with Crippen molar-refractivity contribution < 1.29 is 9.15 Å². The Kier molecular flexibility index (Phi) is 6.19. The molecule has 0 saturated heterocycles. The molecule has 0 saturated carbocycles. The first-order valence-electron chi connectivity index (χ1n) is 6.04. The zero-order valence-electron chi connectivity index (χ0n) is 10.5. The first-order valence-corrected chi connectivity index (χ1v) is 6.04. The van der Waals surface area contributed by atoms with Crippen molar-refractivity contribution in [1.82, 2.24) is 5.32 Å². The van der Waals surface area contributed by atoms with Crippen LogP contribution in [0.5, 0.6) is 0 Å². The molecule has 0 fully saturated rings. The second-order valence-electron chi connectivity index (χ2n) is 4.49. The Labute approximate surface area is 98.2 Å². The fourth-order valence-electron chi connectivity index (χ4n) is 1.41. The van der Waals surface area contributed by atoms with Gasteiger partial charge < -0.3 is 14.5 Å². The summed E-state index contributed by atoms with van der Waals surface area (Å²) in [6, 6.07) is 4.15. The molecular weight excluding hydrogens is 202 g/mol. The van der Waals surface area contributed by atoms with E-state index in [-0.39, 0.29) is 6.04 Å². The summed E-state index contributed by atoms with van der Waals surface area (Å²) in [6.45, 7) is 8.99. The van der Waals surface area contributed by atoms with Crippen molar-refractivity contribution in [2.75, 3.05) is 19.8 Å². The molecular formula is C13H23NO2. The highest BCUT2D eigenvalue weighted by molar-refractivity contribution is 5.02. The molecule has 0 radical (unpaired) electrons. The molecule has 1 rings (SSSR count). The summed E-state index contributed by atoms with van der Waals surface area (Å²) in [5.41, 5.74) is 0. The van der Waals surface area contributed by atoms with E-state index in [1.165, 1.54) is 0 Å². The van der Waals surface area contributed by atoms with Gasteiger partial charge in [0.1, 0.15) is 5.76 Å². The number of hydrogen-bond donors (Lipinski definition) is 1. The summed E-state index contributed by atoms with van der Waals surface area (Å²) >= 11 is 0. The predicted molar refractivity (Wildman–Crippen MR) is 65.4 cm³/mol. The standard InChI is InChI=1S/C13H23NO2/c1-11(2)6-9-15-10-7-14-12(3)13-5-4-8-16-13/h4-5,8,11-12,14H,6-7,9-10H2,1-3H3/t12-/m0/s1. The minimum Gasteiger partial charge on any atom is -0.468 e. The van der Waals surface area contributed by atoms with Gasteiger partial charge in [-0.15, -0.1) is 0 Å². The molecule has 1 aromatic heterocycles. The number of hydrogen-bond acceptors (Lipinski definition) is 3. The highest BCUT2D eigenvalue weighted by Crippen LogP contribution is 2.11. The maximum Gasteiger partial charge on any atom is 0.120 e. The Morgan fingerprint density at radius 3 is 2.75 bits per heavy atom. The van der Waals surface area contributed by atoms with Crippen LogP contribution in [0.1, 0.15) is 39.0 Å². The number of nitrogens with one attached hydrogen (secondary N) is 1. The zero-order valence-corrected chi connectivity index (χ0v) is 10.5. The first-order chi connectivity index (χ1) is 7.70. The Morgan fingerprint density at radius 1 is 1.31 bits per heavy atom. The molecule has 0 unspecified atom stereocenters. The third-order valence-electron chi connectivity index (χ3n) is 2.51. The molecule has 1 heterocycles. The van der Waals surface area contributed by atoms with Crippen LogP contribution in [0, 0.1) is 5.92 Å². The van der Waals surface area contributed by atoms with Gasteiger partial charge in [0, 0.05) is 13.2 Å². The van der Waals surface area contributed by atoms with Crippen molar-refractivity contribution >= 4 is 0 Å². The van der Waals surface area contributed by atoms with E-state index in [1.54, 1.807) is 6.26 Å². The fourth-order valence-corrected chi connectivity index (χ4v) is 1.41. The van der Waals surface area contributed by atoms with Crippen molar-refractivity contribution in [1.29, 1.82) is 0 Å². The Hall–Kier alpha value is -0.800. The van der Waals surface area contributed by atoms with Crippen molar-refractivity contribution in [2.45, 2.75) is 33.2 Å². The molecule has 1 atom stereocenters. The molecule has 0 spiro atoms. The average molecular weight is 225 g/mol. The van der Waals surface area contributed by atoms with Gasteiger partial charge in [-0.3, -0.25) is 0 Å². The summed E-state index contributed by atoms with van der Waals surface area (Å²) in [5.74, 6) is 1.69. The highest BCUT2D eigenvalue weighted by atomic mass is 16.5. The molecule has 3 nitrogen and oxygen atoms in total. The van der Waals surface area contributed by atoms with E-state index in [4.69, 9.17) is 9.15 Å². The minimum atomic E-state index is 0.253. The van der Waals surface area contributed by atoms with Gasteiger partial charge in [-0.1, -0.05) is 13.8 Å². The van der Waals surface area contributed by atoms with Crippen molar-refractivity contribution in [3.8, 4) is 0 Å². The number of rotatable bonds is 8. The Balaban J connectivity index is 1.99. The van der Waals surface area contributed by atoms with E-state index in [2.05, 4.69) is 26.1 Å². The van der Waals surface area contributed by atoms with Gasteiger partial charge in [0.25, 0.3) is 0 Å². The average Bonchev–Trinajstić information content (AvgIpc) is 2.75. The van der Waals surface area contributed by atoms with Gasteiger partial charge in [0.2, 0.25) is 0 Å². The van der Waals surface area contributed by atoms with E-state index < -0.39 is 0 Å². The lowest BCUT2D eigenvalue weighted by Crippen LogP contribution is -2.23. The van der Waals surface area contributed by atoms with Crippen LogP contribution in [-0.2, 0) is 4.74 Å². The summed E-state index contributed by atoms with van der Waals surface area (Å²) in [6.07, 6.45) is 2.83. The molecule has 0 aliphatic carbocycles. The van der Waals surface area contributed by atoms with Crippen LogP contribution in [0.15, 0.2) is 22.8 Å². The van der Waals surface area contributed by atoms with Gasteiger partial charge in [0.05, 0.1) is 18.9 Å². The van der Waals surface area contributed by atoms with Crippen LogP contribution in [0.25, 0.3) is 0 Å². The minimum absolute atomic E-state index is 0.253. The van der Waals surface area contributed by atoms with Gasteiger partial charge >= 0.3 is 0 Å². The van der Waals surface area contributed by atoms with Crippen LogP contribution in [0.2, 0.25) is 0 Å². The van der Waals surface area contributed by atoms with Crippen LogP contribution < -0.4 is 5.32 Å². The second kappa shape index (κ2) is 7.47. The Bertz CT molecular complexity index is 257. The van der Waals surface area contributed by atoms with E-state index in [0.29, 0.717) is 0 Å². The van der Waals surface area contributed by atoms with Gasteiger partial charge in [-0.05, 0) is 31.4 Å². The van der Waals surface area contributed by atoms with Gasteiger partial charge in [-0.2, -0.15) is 0 Å². The van der Waals surface area contributed by atoms with E-state index in [0.717, 1.165) is 37.9 Å². The van der Waals surface area contributed by atoms with Crippen molar-refractivity contribution in [3.05, 3.63) is 24.2 Å². The highest BCUT2D eigenvalue weighted by Gasteiger charge is 2.06. The zero-order chi connectivity index (χ0) is 11.8. The fraction of sp³-hybridized carbons (Fsp3) is 0.692. The van der Waals surface area contributed by atoms with Crippen LogP contribution in [-0.4, -0.2) is 19.8 Å². The normalized spacial score (nSPS) is 13.2. The van der Waals surface area contributed by atoms with E-state index in [1.807, 2.05) is 12.1 Å². The molecule has 3 heteroatoms. The van der Waals surface area contributed by atoms with Crippen LogP contribution >= 0.6 is 0 Å². The topological polar surface area (TPSA) is 34.4 Å². The second-order valence-corrected chi connectivity index (χ2v) is 4.49. The molecule has 92 valence electrons. The molecule has 0 amide bonds. The smallest absolute Gasteiger partial charge is 0.120 e. The summed E-state index contributed by atoms with van der Waals surface area (Å²) in [5, 5.41) is 3.35. The van der Waals surface area contributed by atoms with Crippen molar-refractivity contribution in [2.24, 2.45) is 5.92 Å². The van der Waals surface area contributed by atoms with E-state index in [9.17, 15) is 0 Å². The van der Waals surface area contributed by atoms with Crippen LogP contribution in [0.3, 0.4) is 0 Å². The summed E-state index contributed by atoms with van der Waals surface area (Å²) in [4.78, 5) is 0. The maximum absolute atomic E-state index is 5.52. The lowest BCUT2D eigenvalue weighted by atomic mass is 10.1. The quantitative estimate of drug-likeness (QED) is 0.691. The van der Waals surface area contributed by atoms with Crippen molar-refractivity contribution in [3.63, 3.8) is 0 Å². The molecule has 0 aliphatic rings. The largest absolute Gasteiger partial charge is 0.468 e. The molecule has 16 heavy (non-hydrogen) atoms. The number of ether oxygens (including phenoxy) is 1. The van der Waals surface area contributed by atoms with Gasteiger partial charge in [-0.25, -0.2) is 0 Å². The summed E-state index contributed by atoms with van der Waals surface area (Å²) in [7, 11) is 0. The Morgan fingerprint density at radius 2 is 2.12 bits per heavy atom. The monoisotopic (exact) mass is 225 g/mol. The third kappa shape index (κ3) is 5.33. The first kappa shape index (κ1) is 13.3. The predicted octanol–water partition coefficient (Wildman–Crippen LogP) is 2.99. The molecule has 0 bridgehead atoms. The molecule has 1 N–H and O–H groups in total. The van der Waals surface area contributed by atoms with Gasteiger partial charge in [0.15, 0.2) is 0 Å². The lowest BCUT2D eigenvalue weighted by Gasteiger charge is -2.11. The molecule has 0 aliphatic heterocycles. The SMILES string of the molecule is CC(C)CCOCCN[C@@H](C)c1ccco1. The third-order valence-corrected chi connectivity index (χ3v) is 2.51. The van der Waals surface area contributed by atoms with Crippen LogP contribution in [0.4, 0.5) is 0 Å². The number of furan rings is 1. The lowest BCUT2D eigenvalue weighted by molar-refractivity contribution is 0.123.